The highest BCUT2D eigenvalue weighted by molar-refractivity contribution is 6.02. The van der Waals surface area contributed by atoms with E-state index >= 15 is 0 Å². The third kappa shape index (κ3) is 3.13. The number of para-hydroxylation sites is 2. The number of aromatic hydroxyl groups is 1. The highest BCUT2D eigenvalue weighted by Crippen LogP contribution is 2.37. The van der Waals surface area contributed by atoms with E-state index in [1.54, 1.807) is 42.5 Å². The van der Waals surface area contributed by atoms with Gasteiger partial charge in [-0.3, -0.25) is 14.5 Å². The lowest BCUT2D eigenvalue weighted by molar-refractivity contribution is -0.124. The Morgan fingerprint density at radius 3 is 2.96 bits per heavy atom. The molecular formula is C19H16N4O5. The van der Waals surface area contributed by atoms with Crippen molar-refractivity contribution in [1.29, 1.82) is 0 Å². The number of fused-ring (bicyclic) bond motifs is 2. The number of aromatic nitrogens is 1. The number of H-pyrrole nitrogens is 1. The van der Waals surface area contributed by atoms with Crippen molar-refractivity contribution < 1.29 is 24.2 Å². The fraction of sp³-hybridized carbons (Fsp3) is 0.158. The van der Waals surface area contributed by atoms with E-state index in [4.69, 9.17) is 9.47 Å². The smallest absolute Gasteiger partial charge is 0.284 e. The molecule has 2 amide bonds. The van der Waals surface area contributed by atoms with Gasteiger partial charge in [-0.1, -0.05) is 12.1 Å². The number of nitrogens with zero attached hydrogens (tertiary/aromatic N) is 3. The van der Waals surface area contributed by atoms with Crippen LogP contribution in [0.15, 0.2) is 52.7 Å². The number of aromatic amines is 1. The van der Waals surface area contributed by atoms with Gasteiger partial charge in [0.1, 0.15) is 18.0 Å². The first kappa shape index (κ1) is 17.5. The molecule has 0 spiro atoms. The number of nitrogens with one attached hydrogen (secondary N) is 1. The number of hydrogen-bond acceptors (Lipinski definition) is 6. The first-order valence-corrected chi connectivity index (χ1v) is 8.42. The summed E-state index contributed by atoms with van der Waals surface area (Å²) in [5.41, 5.74) is 1.12. The molecule has 2 heterocycles. The topological polar surface area (TPSA) is 117 Å². The number of carbonyl (C=O) groups is 2. The summed E-state index contributed by atoms with van der Waals surface area (Å²) >= 11 is 0. The second-order valence-corrected chi connectivity index (χ2v) is 6.06. The molecule has 3 aromatic rings. The van der Waals surface area contributed by atoms with Crippen molar-refractivity contribution in [3.05, 3.63) is 42.5 Å². The van der Waals surface area contributed by atoms with Gasteiger partial charge in [-0.25, -0.2) is 0 Å². The van der Waals surface area contributed by atoms with Crippen LogP contribution in [0.4, 0.5) is 11.5 Å². The molecular weight excluding hydrogens is 364 g/mol. The predicted octanol–water partition coefficient (Wildman–Crippen LogP) is 2.92. The van der Waals surface area contributed by atoms with Crippen molar-refractivity contribution in [1.82, 2.24) is 4.98 Å². The molecule has 0 atom stereocenters. The Morgan fingerprint density at radius 1 is 1.32 bits per heavy atom. The SMILES string of the molecule is COc1ccc2[nH]c(N=NC(=O)CN3C(=O)COc4ccccc43)c(O)c2c1. The summed E-state index contributed by atoms with van der Waals surface area (Å²) in [5.74, 6) is 0.0203. The predicted molar refractivity (Wildman–Crippen MR) is 100 cm³/mol. The van der Waals surface area contributed by atoms with E-state index in [0.29, 0.717) is 28.1 Å². The van der Waals surface area contributed by atoms with E-state index in [-0.39, 0.29) is 30.6 Å². The van der Waals surface area contributed by atoms with Crippen LogP contribution >= 0.6 is 0 Å². The highest BCUT2D eigenvalue weighted by Gasteiger charge is 2.27. The van der Waals surface area contributed by atoms with E-state index in [2.05, 4.69) is 15.2 Å². The molecule has 0 fully saturated rings. The second-order valence-electron chi connectivity index (χ2n) is 6.06. The van der Waals surface area contributed by atoms with Crippen LogP contribution in [0, 0.1) is 0 Å². The van der Waals surface area contributed by atoms with Crippen molar-refractivity contribution in [3.8, 4) is 17.2 Å². The van der Waals surface area contributed by atoms with Crippen molar-refractivity contribution in [2.24, 2.45) is 10.2 Å². The molecule has 0 unspecified atom stereocenters. The van der Waals surface area contributed by atoms with Crippen LogP contribution in [0.2, 0.25) is 0 Å². The average molecular weight is 380 g/mol. The van der Waals surface area contributed by atoms with E-state index in [1.165, 1.54) is 12.0 Å². The van der Waals surface area contributed by atoms with Gasteiger partial charge < -0.3 is 19.6 Å². The fourth-order valence-corrected chi connectivity index (χ4v) is 2.94. The van der Waals surface area contributed by atoms with Crippen LogP contribution in [-0.4, -0.2) is 42.2 Å². The highest BCUT2D eigenvalue weighted by atomic mass is 16.5. The summed E-state index contributed by atoms with van der Waals surface area (Å²) in [6, 6.07) is 12.0. The van der Waals surface area contributed by atoms with Crippen LogP contribution in [-0.2, 0) is 9.59 Å². The second kappa shape index (κ2) is 7.03. The zero-order chi connectivity index (χ0) is 19.7. The molecule has 2 aromatic carbocycles. The van der Waals surface area contributed by atoms with Gasteiger partial charge in [0.05, 0.1) is 18.3 Å². The van der Waals surface area contributed by atoms with Gasteiger partial charge in [0.2, 0.25) is 0 Å². The minimum Gasteiger partial charge on any atom is -0.504 e. The summed E-state index contributed by atoms with van der Waals surface area (Å²) in [6.45, 7) is -0.427. The maximum Gasteiger partial charge on any atom is 0.284 e. The van der Waals surface area contributed by atoms with E-state index in [0.717, 1.165) is 0 Å². The molecule has 1 aliphatic heterocycles. The van der Waals surface area contributed by atoms with Gasteiger partial charge in [-0.2, -0.15) is 0 Å². The number of carbonyl (C=O) groups excluding carboxylic acids is 2. The van der Waals surface area contributed by atoms with Crippen LogP contribution < -0.4 is 14.4 Å². The molecule has 0 bridgehead atoms. The Balaban J connectivity index is 1.54. The first-order valence-electron chi connectivity index (χ1n) is 8.42. The lowest BCUT2D eigenvalue weighted by Crippen LogP contribution is -2.41. The number of benzene rings is 2. The Hall–Kier alpha value is -3.88. The lowest BCUT2D eigenvalue weighted by Gasteiger charge is -2.27. The van der Waals surface area contributed by atoms with E-state index in [1.807, 2.05) is 0 Å². The maximum atomic E-state index is 12.3. The molecule has 0 saturated heterocycles. The van der Waals surface area contributed by atoms with Gasteiger partial charge >= 0.3 is 0 Å². The van der Waals surface area contributed by atoms with Crippen molar-refractivity contribution in [2.45, 2.75) is 0 Å². The monoisotopic (exact) mass is 380 g/mol. The van der Waals surface area contributed by atoms with Crippen LogP contribution in [0.5, 0.6) is 17.2 Å². The summed E-state index contributed by atoms with van der Waals surface area (Å²) < 4.78 is 10.5. The average Bonchev–Trinajstić information content (AvgIpc) is 3.03. The fourth-order valence-electron chi connectivity index (χ4n) is 2.94. The Morgan fingerprint density at radius 2 is 2.14 bits per heavy atom. The van der Waals surface area contributed by atoms with Gasteiger partial charge in [0.25, 0.3) is 11.8 Å². The number of azo groups is 1. The number of rotatable bonds is 4. The molecule has 1 aliphatic rings. The molecule has 9 heteroatoms. The van der Waals surface area contributed by atoms with Crippen LogP contribution in [0.25, 0.3) is 10.9 Å². The molecule has 0 radical (unpaired) electrons. The van der Waals surface area contributed by atoms with Gasteiger partial charge in [0, 0.05) is 5.39 Å². The number of hydrogen-bond donors (Lipinski definition) is 2. The molecule has 142 valence electrons. The maximum absolute atomic E-state index is 12.3. The van der Waals surface area contributed by atoms with E-state index < -0.39 is 5.91 Å². The van der Waals surface area contributed by atoms with Crippen molar-refractivity contribution in [2.75, 3.05) is 25.2 Å². The third-order valence-corrected chi connectivity index (χ3v) is 4.32. The summed E-state index contributed by atoms with van der Waals surface area (Å²) in [7, 11) is 1.52. The number of ether oxygens (including phenoxy) is 2. The normalized spacial score (nSPS) is 13.6. The number of anilines is 1. The first-order chi connectivity index (χ1) is 13.6. The zero-order valence-electron chi connectivity index (χ0n) is 14.9. The third-order valence-electron chi connectivity index (χ3n) is 4.32. The molecule has 0 aliphatic carbocycles. The van der Waals surface area contributed by atoms with E-state index in [9.17, 15) is 14.7 Å². The number of methoxy groups -OCH3 is 1. The molecule has 2 N–H and O–H groups in total. The summed E-state index contributed by atoms with van der Waals surface area (Å²) in [4.78, 5) is 28.6. The van der Waals surface area contributed by atoms with Crippen LogP contribution in [0.3, 0.4) is 0 Å². The van der Waals surface area contributed by atoms with Crippen molar-refractivity contribution >= 4 is 34.2 Å². The van der Waals surface area contributed by atoms with Crippen LogP contribution in [0.1, 0.15) is 0 Å². The Bertz CT molecular complexity index is 1100. The lowest BCUT2D eigenvalue weighted by atomic mass is 10.2. The molecule has 9 nitrogen and oxygen atoms in total. The minimum atomic E-state index is -0.638. The quantitative estimate of drug-likeness (QED) is 0.675. The summed E-state index contributed by atoms with van der Waals surface area (Å²) in [5, 5.41) is 18.2. The number of amides is 2. The van der Waals surface area contributed by atoms with Gasteiger partial charge in [-0.05, 0) is 30.3 Å². The standard InChI is InChI=1S/C19H16N4O5/c1-27-11-6-7-13-12(8-11)18(26)19(20-13)22-21-16(24)9-23-14-4-2-3-5-15(14)28-10-17(23)25/h2-8,20,26H,9-10H2,1H3. The molecule has 1 aromatic heterocycles. The minimum absolute atomic E-state index is 0.0466. The summed E-state index contributed by atoms with van der Waals surface area (Å²) in [6.07, 6.45) is 0. The zero-order valence-corrected chi connectivity index (χ0v) is 14.9. The van der Waals surface area contributed by atoms with Crippen molar-refractivity contribution in [3.63, 3.8) is 0 Å². The Kier molecular flexibility index (Phi) is 4.40. The molecule has 28 heavy (non-hydrogen) atoms. The van der Waals surface area contributed by atoms with Gasteiger partial charge in [0.15, 0.2) is 18.2 Å². The molecule has 0 saturated carbocycles. The Labute approximate surface area is 159 Å². The molecule has 4 rings (SSSR count). The van der Waals surface area contributed by atoms with Gasteiger partial charge in [-0.15, -0.1) is 10.2 Å². The largest absolute Gasteiger partial charge is 0.504 e.